The minimum Gasteiger partial charge on any atom is -0.480 e. The summed E-state index contributed by atoms with van der Waals surface area (Å²) in [5.41, 5.74) is 1.46. The second-order valence-corrected chi connectivity index (χ2v) is 5.97. The molecule has 1 aliphatic rings. The van der Waals surface area contributed by atoms with Crippen LogP contribution in [0.15, 0.2) is 24.3 Å². The smallest absolute Gasteiger partial charge is 0.324 e. The van der Waals surface area contributed by atoms with Crippen LogP contribution >= 0.6 is 0 Å². The summed E-state index contributed by atoms with van der Waals surface area (Å²) in [7, 11) is 2.08. The van der Waals surface area contributed by atoms with Gasteiger partial charge in [0.25, 0.3) is 0 Å². The Kier molecular flexibility index (Phi) is 4.45. The Balaban J connectivity index is 2.22. The van der Waals surface area contributed by atoms with E-state index in [1.54, 1.807) is 0 Å². The molecule has 0 bridgehead atoms. The largest absolute Gasteiger partial charge is 0.480 e. The number of aryl methyl sites for hydroxylation is 1. The second kappa shape index (κ2) is 5.94. The number of benzene rings is 1. The highest BCUT2D eigenvalue weighted by Gasteiger charge is 2.40. The van der Waals surface area contributed by atoms with Crippen LogP contribution in [-0.2, 0) is 11.2 Å². The fourth-order valence-corrected chi connectivity index (χ4v) is 2.80. The molecule has 1 atom stereocenters. The monoisotopic (exact) mass is 276 g/mol. The summed E-state index contributed by atoms with van der Waals surface area (Å²) in [6.07, 6.45) is 0.554. The summed E-state index contributed by atoms with van der Waals surface area (Å²) >= 11 is 0. The first kappa shape index (κ1) is 15.0. The van der Waals surface area contributed by atoms with Crippen molar-refractivity contribution in [2.45, 2.75) is 25.8 Å². The molecule has 0 amide bonds. The van der Waals surface area contributed by atoms with Gasteiger partial charge in [0, 0.05) is 32.6 Å². The topological polar surface area (TPSA) is 43.8 Å². The molecule has 0 saturated carbocycles. The first-order valence-electron chi connectivity index (χ1n) is 7.15. The quantitative estimate of drug-likeness (QED) is 0.908. The van der Waals surface area contributed by atoms with Crippen molar-refractivity contribution < 1.29 is 9.90 Å². The van der Waals surface area contributed by atoms with Crippen LogP contribution in [0.4, 0.5) is 0 Å². The van der Waals surface area contributed by atoms with Crippen LogP contribution in [0.25, 0.3) is 0 Å². The van der Waals surface area contributed by atoms with Crippen LogP contribution < -0.4 is 0 Å². The molecule has 4 heteroatoms. The third-order valence-electron chi connectivity index (χ3n) is 4.46. The van der Waals surface area contributed by atoms with E-state index in [0.29, 0.717) is 6.42 Å². The lowest BCUT2D eigenvalue weighted by Crippen LogP contribution is -2.59. The van der Waals surface area contributed by atoms with Gasteiger partial charge in [0.1, 0.15) is 5.54 Å². The zero-order valence-electron chi connectivity index (χ0n) is 12.6. The van der Waals surface area contributed by atoms with Crippen molar-refractivity contribution in [2.24, 2.45) is 0 Å². The molecule has 0 aromatic heterocycles. The standard InChI is InChI=1S/C16H24N2O2/c1-13-6-4-5-7-14(13)12-16(2,15(19)20)18-10-8-17(3)9-11-18/h4-7H,8-12H2,1-3H3,(H,19,20). The van der Waals surface area contributed by atoms with E-state index in [-0.39, 0.29) is 0 Å². The summed E-state index contributed by atoms with van der Waals surface area (Å²) in [6.45, 7) is 7.37. The highest BCUT2D eigenvalue weighted by atomic mass is 16.4. The molecular formula is C16H24N2O2. The highest BCUT2D eigenvalue weighted by molar-refractivity contribution is 5.79. The number of carboxylic acids is 1. The molecule has 0 aliphatic carbocycles. The van der Waals surface area contributed by atoms with E-state index in [9.17, 15) is 9.90 Å². The molecule has 1 aliphatic heterocycles. The molecule has 1 N–H and O–H groups in total. The van der Waals surface area contributed by atoms with Gasteiger partial charge in [-0.25, -0.2) is 0 Å². The predicted molar refractivity (Wildman–Crippen MR) is 80.0 cm³/mol. The molecule has 1 aromatic rings. The molecular weight excluding hydrogens is 252 g/mol. The van der Waals surface area contributed by atoms with E-state index < -0.39 is 11.5 Å². The van der Waals surface area contributed by atoms with Gasteiger partial charge in [-0.05, 0) is 32.0 Å². The first-order chi connectivity index (χ1) is 9.43. The maximum absolute atomic E-state index is 11.9. The van der Waals surface area contributed by atoms with Crippen molar-refractivity contribution in [3.8, 4) is 0 Å². The summed E-state index contributed by atoms with van der Waals surface area (Å²) in [4.78, 5) is 16.2. The van der Waals surface area contributed by atoms with Crippen LogP contribution in [0, 0.1) is 6.92 Å². The summed E-state index contributed by atoms with van der Waals surface area (Å²) in [5.74, 6) is -0.731. The number of carboxylic acid groups (broad SMARTS) is 1. The zero-order valence-corrected chi connectivity index (χ0v) is 12.6. The zero-order chi connectivity index (χ0) is 14.8. The molecule has 1 saturated heterocycles. The number of hydrogen-bond donors (Lipinski definition) is 1. The maximum Gasteiger partial charge on any atom is 0.324 e. The lowest BCUT2D eigenvalue weighted by Gasteiger charge is -2.42. The van der Waals surface area contributed by atoms with E-state index >= 15 is 0 Å². The Labute approximate surface area is 121 Å². The van der Waals surface area contributed by atoms with Gasteiger partial charge in [0.05, 0.1) is 0 Å². The van der Waals surface area contributed by atoms with E-state index in [1.807, 2.05) is 38.1 Å². The Bertz CT molecular complexity index is 481. The molecule has 1 aromatic carbocycles. The molecule has 1 unspecified atom stereocenters. The van der Waals surface area contributed by atoms with Gasteiger partial charge in [-0.1, -0.05) is 24.3 Å². The Morgan fingerprint density at radius 1 is 1.25 bits per heavy atom. The minimum atomic E-state index is -0.826. The molecule has 1 heterocycles. The molecule has 110 valence electrons. The van der Waals surface area contributed by atoms with Crippen LogP contribution in [0.1, 0.15) is 18.1 Å². The van der Waals surface area contributed by atoms with Gasteiger partial charge in [0.2, 0.25) is 0 Å². The molecule has 0 spiro atoms. The van der Waals surface area contributed by atoms with Crippen molar-refractivity contribution in [1.29, 1.82) is 0 Å². The number of rotatable bonds is 4. The second-order valence-electron chi connectivity index (χ2n) is 5.97. The van der Waals surface area contributed by atoms with E-state index in [4.69, 9.17) is 0 Å². The maximum atomic E-state index is 11.9. The van der Waals surface area contributed by atoms with E-state index in [1.165, 1.54) is 0 Å². The predicted octanol–water partition coefficient (Wildman–Crippen LogP) is 1.63. The highest BCUT2D eigenvalue weighted by Crippen LogP contribution is 2.24. The minimum absolute atomic E-state index is 0.554. The number of piperazine rings is 1. The Morgan fingerprint density at radius 3 is 2.40 bits per heavy atom. The number of hydrogen-bond acceptors (Lipinski definition) is 3. The fraction of sp³-hybridized carbons (Fsp3) is 0.562. The molecule has 20 heavy (non-hydrogen) atoms. The van der Waals surface area contributed by atoms with Crippen LogP contribution in [0.3, 0.4) is 0 Å². The number of nitrogens with zero attached hydrogens (tertiary/aromatic N) is 2. The van der Waals surface area contributed by atoms with Gasteiger partial charge in [-0.3, -0.25) is 9.69 Å². The number of carbonyl (C=O) groups is 1. The summed E-state index contributed by atoms with van der Waals surface area (Å²) < 4.78 is 0. The van der Waals surface area contributed by atoms with Gasteiger partial charge in [-0.2, -0.15) is 0 Å². The van der Waals surface area contributed by atoms with Gasteiger partial charge in [-0.15, -0.1) is 0 Å². The van der Waals surface area contributed by atoms with Crippen LogP contribution in [0.2, 0.25) is 0 Å². The average molecular weight is 276 g/mol. The Morgan fingerprint density at radius 2 is 1.85 bits per heavy atom. The van der Waals surface area contributed by atoms with Gasteiger partial charge >= 0.3 is 5.97 Å². The van der Waals surface area contributed by atoms with Crippen molar-refractivity contribution in [3.63, 3.8) is 0 Å². The molecule has 0 radical (unpaired) electrons. The van der Waals surface area contributed by atoms with E-state index in [2.05, 4.69) is 16.8 Å². The average Bonchev–Trinajstić information content (AvgIpc) is 2.42. The van der Waals surface area contributed by atoms with Gasteiger partial charge in [0.15, 0.2) is 0 Å². The lowest BCUT2D eigenvalue weighted by molar-refractivity contribution is -0.151. The molecule has 1 fully saturated rings. The third-order valence-corrected chi connectivity index (χ3v) is 4.46. The molecule has 2 rings (SSSR count). The lowest BCUT2D eigenvalue weighted by atomic mass is 9.88. The first-order valence-corrected chi connectivity index (χ1v) is 7.15. The van der Waals surface area contributed by atoms with E-state index in [0.717, 1.165) is 37.3 Å². The molecule has 4 nitrogen and oxygen atoms in total. The van der Waals surface area contributed by atoms with Crippen molar-refractivity contribution in [1.82, 2.24) is 9.80 Å². The number of likely N-dealkylation sites (N-methyl/N-ethyl adjacent to an activating group) is 1. The Hall–Kier alpha value is -1.39. The third kappa shape index (κ3) is 3.02. The SMILES string of the molecule is Cc1ccccc1CC(C)(C(=O)O)N1CCN(C)CC1. The fourth-order valence-electron chi connectivity index (χ4n) is 2.80. The van der Waals surface area contributed by atoms with Crippen molar-refractivity contribution in [2.75, 3.05) is 33.2 Å². The van der Waals surface area contributed by atoms with Crippen molar-refractivity contribution in [3.05, 3.63) is 35.4 Å². The normalized spacial score (nSPS) is 20.6. The number of aliphatic carboxylic acids is 1. The summed E-state index contributed by atoms with van der Waals surface area (Å²) in [6, 6.07) is 8.05. The van der Waals surface area contributed by atoms with Gasteiger partial charge < -0.3 is 10.0 Å². The van der Waals surface area contributed by atoms with Crippen LogP contribution in [-0.4, -0.2) is 59.6 Å². The van der Waals surface area contributed by atoms with Crippen LogP contribution in [0.5, 0.6) is 0 Å². The van der Waals surface area contributed by atoms with Crippen molar-refractivity contribution >= 4 is 5.97 Å². The summed E-state index contributed by atoms with van der Waals surface area (Å²) in [5, 5.41) is 9.75.